The summed E-state index contributed by atoms with van der Waals surface area (Å²) >= 11 is 0. The first-order chi connectivity index (χ1) is 6.72. The van der Waals surface area contributed by atoms with Crippen LogP contribution in [0.4, 0.5) is 10.1 Å². The molecule has 0 spiro atoms. The van der Waals surface area contributed by atoms with Crippen LogP contribution in [0.25, 0.3) is 0 Å². The van der Waals surface area contributed by atoms with E-state index in [4.69, 9.17) is 5.73 Å². The Kier molecular flexibility index (Phi) is 2.42. The maximum absolute atomic E-state index is 13.0. The molecule has 1 atom stereocenters. The molecular formula is C11H15FN2. The molecule has 0 radical (unpaired) electrons. The van der Waals surface area contributed by atoms with Gasteiger partial charge in [-0.05, 0) is 36.6 Å². The van der Waals surface area contributed by atoms with Crippen molar-refractivity contribution < 1.29 is 4.39 Å². The number of nitrogens with zero attached hydrogens (tertiary/aromatic N) is 1. The molecule has 0 aliphatic carbocycles. The lowest BCUT2D eigenvalue weighted by molar-refractivity contribution is 0.558. The predicted octanol–water partition coefficient (Wildman–Crippen LogP) is 1.54. The summed E-state index contributed by atoms with van der Waals surface area (Å²) in [6, 6.07) is 5.37. The predicted molar refractivity (Wildman–Crippen MR) is 56.0 cm³/mol. The molecule has 2 rings (SSSR count). The number of rotatable bonds is 1. The number of hydrogen-bond acceptors (Lipinski definition) is 2. The highest BCUT2D eigenvalue weighted by atomic mass is 19.1. The molecule has 76 valence electrons. The van der Waals surface area contributed by atoms with E-state index in [1.165, 1.54) is 6.07 Å². The first kappa shape index (κ1) is 9.46. The number of nitrogens with two attached hydrogens (primary N) is 1. The molecule has 0 fully saturated rings. The summed E-state index contributed by atoms with van der Waals surface area (Å²) in [4.78, 5) is 2.15. The van der Waals surface area contributed by atoms with Crippen LogP contribution in [0, 0.1) is 5.82 Å². The van der Waals surface area contributed by atoms with E-state index in [-0.39, 0.29) is 5.82 Å². The highest BCUT2D eigenvalue weighted by molar-refractivity contribution is 5.56. The van der Waals surface area contributed by atoms with Crippen LogP contribution in [0.15, 0.2) is 18.2 Å². The zero-order valence-electron chi connectivity index (χ0n) is 8.33. The van der Waals surface area contributed by atoms with Crippen molar-refractivity contribution in [3.8, 4) is 0 Å². The average molecular weight is 194 g/mol. The molecule has 14 heavy (non-hydrogen) atoms. The summed E-state index contributed by atoms with van der Waals surface area (Å²) in [5.41, 5.74) is 7.88. The van der Waals surface area contributed by atoms with Crippen molar-refractivity contribution in [1.29, 1.82) is 0 Å². The lowest BCUT2D eigenvalue weighted by atomic mass is 9.96. The highest BCUT2D eigenvalue weighted by Gasteiger charge is 2.21. The molecule has 2 N–H and O–H groups in total. The summed E-state index contributed by atoms with van der Waals surface area (Å²) in [6.45, 7) is 0.660. The minimum absolute atomic E-state index is 0.150. The summed E-state index contributed by atoms with van der Waals surface area (Å²) in [5, 5.41) is 0. The van der Waals surface area contributed by atoms with E-state index in [1.54, 1.807) is 6.07 Å². The van der Waals surface area contributed by atoms with Crippen LogP contribution < -0.4 is 10.6 Å². The molecule has 3 heteroatoms. The van der Waals surface area contributed by atoms with Crippen molar-refractivity contribution in [2.24, 2.45) is 5.73 Å². The van der Waals surface area contributed by atoms with Gasteiger partial charge in [0.25, 0.3) is 0 Å². The molecule has 0 amide bonds. The maximum atomic E-state index is 13.0. The van der Waals surface area contributed by atoms with Crippen LogP contribution in [0.5, 0.6) is 0 Å². The molecule has 0 saturated heterocycles. The van der Waals surface area contributed by atoms with Gasteiger partial charge >= 0.3 is 0 Å². The van der Waals surface area contributed by atoms with Crippen molar-refractivity contribution in [2.45, 2.75) is 18.9 Å². The van der Waals surface area contributed by atoms with Crippen LogP contribution in [0.1, 0.15) is 12.0 Å². The average Bonchev–Trinajstić information content (AvgIpc) is 2.18. The van der Waals surface area contributed by atoms with Gasteiger partial charge in [0, 0.05) is 25.3 Å². The lowest BCUT2D eigenvalue weighted by Crippen LogP contribution is -2.41. The van der Waals surface area contributed by atoms with Gasteiger partial charge in [-0.25, -0.2) is 4.39 Å². The van der Waals surface area contributed by atoms with Gasteiger partial charge in [-0.2, -0.15) is 0 Å². The number of aryl methyl sites for hydroxylation is 1. The third-order valence-corrected chi connectivity index (χ3v) is 2.99. The second-order valence-corrected chi connectivity index (χ2v) is 3.81. The van der Waals surface area contributed by atoms with Gasteiger partial charge in [0.1, 0.15) is 5.82 Å². The van der Waals surface area contributed by atoms with E-state index in [0.717, 1.165) is 24.1 Å². The van der Waals surface area contributed by atoms with Crippen LogP contribution in [0.3, 0.4) is 0 Å². The van der Waals surface area contributed by atoms with Crippen LogP contribution in [-0.2, 0) is 6.42 Å². The number of hydrogen-bond donors (Lipinski definition) is 1. The highest BCUT2D eigenvalue weighted by Crippen LogP contribution is 2.29. The smallest absolute Gasteiger partial charge is 0.123 e. The van der Waals surface area contributed by atoms with Gasteiger partial charge < -0.3 is 10.6 Å². The molecule has 1 aromatic rings. The second kappa shape index (κ2) is 3.58. The Balaban J connectivity index is 2.36. The molecule has 1 unspecified atom stereocenters. The molecule has 0 saturated carbocycles. The van der Waals surface area contributed by atoms with Gasteiger partial charge in [-0.15, -0.1) is 0 Å². The topological polar surface area (TPSA) is 29.3 Å². The molecule has 0 aromatic heterocycles. The fraction of sp³-hybridized carbons (Fsp3) is 0.455. The molecule has 0 bridgehead atoms. The van der Waals surface area contributed by atoms with Crippen molar-refractivity contribution in [3.05, 3.63) is 29.6 Å². The van der Waals surface area contributed by atoms with Crippen molar-refractivity contribution in [1.82, 2.24) is 0 Å². The van der Waals surface area contributed by atoms with Crippen molar-refractivity contribution in [2.75, 3.05) is 18.5 Å². The van der Waals surface area contributed by atoms with Crippen molar-refractivity contribution in [3.63, 3.8) is 0 Å². The molecule has 2 nitrogen and oxygen atoms in total. The first-order valence-electron chi connectivity index (χ1n) is 4.93. The minimum Gasteiger partial charge on any atom is -0.370 e. The Hall–Kier alpha value is -1.09. The zero-order chi connectivity index (χ0) is 10.1. The van der Waals surface area contributed by atoms with Crippen LogP contribution in [0.2, 0.25) is 0 Å². The summed E-state index contributed by atoms with van der Waals surface area (Å²) in [6.07, 6.45) is 1.95. The maximum Gasteiger partial charge on any atom is 0.123 e. The quantitative estimate of drug-likeness (QED) is 0.734. The van der Waals surface area contributed by atoms with Gasteiger partial charge in [-0.1, -0.05) is 0 Å². The fourth-order valence-corrected chi connectivity index (χ4v) is 2.09. The van der Waals surface area contributed by atoms with E-state index in [2.05, 4.69) is 4.90 Å². The van der Waals surface area contributed by atoms with Gasteiger partial charge in [0.2, 0.25) is 0 Å². The van der Waals surface area contributed by atoms with E-state index >= 15 is 0 Å². The summed E-state index contributed by atoms with van der Waals surface area (Å²) < 4.78 is 13.0. The third kappa shape index (κ3) is 1.48. The standard InChI is InChI=1S/C11H15FN2/c1-14-10(7-13)4-2-8-6-9(12)3-5-11(8)14/h3,5-6,10H,2,4,7,13H2,1H3. The monoisotopic (exact) mass is 194 g/mol. The Bertz CT molecular complexity index is 338. The van der Waals surface area contributed by atoms with Crippen LogP contribution in [-0.4, -0.2) is 19.6 Å². The Morgan fingerprint density at radius 2 is 2.36 bits per heavy atom. The summed E-state index contributed by atoms with van der Waals surface area (Å²) in [5.74, 6) is -0.150. The molecular weight excluding hydrogens is 179 g/mol. The number of anilines is 1. The minimum atomic E-state index is -0.150. The number of likely N-dealkylation sites (N-methyl/N-ethyl adjacent to an activating group) is 1. The van der Waals surface area contributed by atoms with E-state index in [1.807, 2.05) is 13.1 Å². The molecule has 1 aliphatic rings. The van der Waals surface area contributed by atoms with E-state index in [0.29, 0.717) is 12.6 Å². The molecule has 1 aromatic carbocycles. The van der Waals surface area contributed by atoms with Crippen LogP contribution >= 0.6 is 0 Å². The fourth-order valence-electron chi connectivity index (χ4n) is 2.09. The first-order valence-corrected chi connectivity index (χ1v) is 4.93. The second-order valence-electron chi connectivity index (χ2n) is 3.81. The Labute approximate surface area is 83.5 Å². The van der Waals surface area contributed by atoms with E-state index in [9.17, 15) is 4.39 Å². The van der Waals surface area contributed by atoms with Gasteiger partial charge in [0.15, 0.2) is 0 Å². The molecule has 1 aliphatic heterocycles. The number of fused-ring (bicyclic) bond motifs is 1. The Morgan fingerprint density at radius 3 is 3.07 bits per heavy atom. The third-order valence-electron chi connectivity index (χ3n) is 2.99. The Morgan fingerprint density at radius 1 is 1.57 bits per heavy atom. The summed E-state index contributed by atoms with van der Waals surface area (Å²) in [7, 11) is 2.02. The van der Waals surface area contributed by atoms with E-state index < -0.39 is 0 Å². The number of halogens is 1. The van der Waals surface area contributed by atoms with Gasteiger partial charge in [-0.3, -0.25) is 0 Å². The zero-order valence-corrected chi connectivity index (χ0v) is 8.33. The van der Waals surface area contributed by atoms with Crippen molar-refractivity contribution >= 4 is 5.69 Å². The number of benzene rings is 1. The molecule has 1 heterocycles. The van der Waals surface area contributed by atoms with Gasteiger partial charge in [0.05, 0.1) is 0 Å². The lowest BCUT2D eigenvalue weighted by Gasteiger charge is -2.35. The normalized spacial score (nSPS) is 20.8. The largest absolute Gasteiger partial charge is 0.370 e. The SMILES string of the molecule is CN1c2ccc(F)cc2CCC1CN.